The van der Waals surface area contributed by atoms with Crippen LogP contribution < -0.4 is 4.72 Å². The van der Waals surface area contributed by atoms with E-state index in [1.165, 1.54) is 0 Å². The van der Waals surface area contributed by atoms with Gasteiger partial charge in [-0.15, -0.1) is 0 Å². The first kappa shape index (κ1) is 16.9. The number of nitrogens with zero attached hydrogens (tertiary/aromatic N) is 1. The van der Waals surface area contributed by atoms with E-state index in [1.807, 2.05) is 0 Å². The van der Waals surface area contributed by atoms with Gasteiger partial charge < -0.3 is 5.11 Å². The zero-order valence-corrected chi connectivity index (χ0v) is 14.2. The van der Waals surface area contributed by atoms with Crippen LogP contribution in [0.1, 0.15) is 11.1 Å². The van der Waals surface area contributed by atoms with Crippen molar-refractivity contribution in [2.24, 2.45) is 0 Å². The molecule has 0 amide bonds. The lowest BCUT2D eigenvalue weighted by atomic mass is 10.1. The van der Waals surface area contributed by atoms with Gasteiger partial charge >= 0.3 is 5.97 Å². The zero-order valence-electron chi connectivity index (χ0n) is 13.4. The highest BCUT2D eigenvalue weighted by atomic mass is 32.2. The average molecular weight is 356 g/mol. The van der Waals surface area contributed by atoms with Gasteiger partial charge in [0.1, 0.15) is 0 Å². The number of hydrogen-bond donors (Lipinski definition) is 2. The molecule has 2 N–H and O–H groups in total. The Morgan fingerprint density at radius 1 is 1.12 bits per heavy atom. The third kappa shape index (κ3) is 3.61. The standard InChI is InChI=1S/C18H16N2O4S/c1-12-4-9-16-15(3-2-10-19-16)18(12)25(23,24)20-14-7-5-13(6-8-14)11-17(21)22/h2-10,20H,11H2,1H3,(H,21,22). The molecular formula is C18H16N2O4S. The summed E-state index contributed by atoms with van der Waals surface area (Å²) in [7, 11) is -3.81. The summed E-state index contributed by atoms with van der Waals surface area (Å²) in [6, 6.07) is 13.2. The van der Waals surface area contributed by atoms with Crippen molar-refractivity contribution in [1.29, 1.82) is 0 Å². The fourth-order valence-electron chi connectivity index (χ4n) is 2.66. The number of aliphatic carboxylic acids is 1. The second-order valence-electron chi connectivity index (χ2n) is 5.65. The van der Waals surface area contributed by atoms with Crippen molar-refractivity contribution in [3.8, 4) is 0 Å². The van der Waals surface area contributed by atoms with Crippen LogP contribution in [0, 0.1) is 6.92 Å². The molecule has 0 aliphatic carbocycles. The van der Waals surface area contributed by atoms with Crippen molar-refractivity contribution in [3.63, 3.8) is 0 Å². The highest BCUT2D eigenvalue weighted by Crippen LogP contribution is 2.27. The number of anilines is 1. The molecule has 0 bridgehead atoms. The van der Waals surface area contributed by atoms with Crippen LogP contribution in [-0.2, 0) is 21.2 Å². The second-order valence-corrected chi connectivity index (χ2v) is 7.27. The number of pyridine rings is 1. The van der Waals surface area contributed by atoms with Gasteiger partial charge in [0.05, 0.1) is 16.8 Å². The molecule has 0 spiro atoms. The SMILES string of the molecule is Cc1ccc2ncccc2c1S(=O)(=O)Nc1ccc(CC(=O)O)cc1. The average Bonchev–Trinajstić information content (AvgIpc) is 2.55. The molecule has 0 atom stereocenters. The zero-order chi connectivity index (χ0) is 18.0. The van der Waals surface area contributed by atoms with E-state index < -0.39 is 16.0 Å². The second kappa shape index (κ2) is 6.52. The number of nitrogens with one attached hydrogen (secondary N) is 1. The summed E-state index contributed by atoms with van der Waals surface area (Å²) in [5, 5.41) is 9.34. The number of carboxylic acid groups (broad SMARTS) is 1. The Labute approximate surface area is 145 Å². The molecule has 0 saturated heterocycles. The number of aromatic nitrogens is 1. The number of aryl methyl sites for hydroxylation is 1. The van der Waals surface area contributed by atoms with Crippen LogP contribution in [0.4, 0.5) is 5.69 Å². The van der Waals surface area contributed by atoms with Gasteiger partial charge in [-0.3, -0.25) is 14.5 Å². The van der Waals surface area contributed by atoms with Crippen LogP contribution >= 0.6 is 0 Å². The predicted molar refractivity (Wildman–Crippen MR) is 95.1 cm³/mol. The van der Waals surface area contributed by atoms with E-state index in [-0.39, 0.29) is 11.3 Å². The van der Waals surface area contributed by atoms with E-state index in [4.69, 9.17) is 5.11 Å². The minimum absolute atomic E-state index is 0.110. The summed E-state index contributed by atoms with van der Waals surface area (Å²) in [5.74, 6) is -0.938. The number of fused-ring (bicyclic) bond motifs is 1. The molecule has 0 aliphatic rings. The fourth-order valence-corrected chi connectivity index (χ4v) is 4.17. The number of benzene rings is 2. The van der Waals surface area contributed by atoms with Crippen LogP contribution in [0.15, 0.2) is 59.6 Å². The van der Waals surface area contributed by atoms with Crippen molar-refractivity contribution >= 4 is 32.6 Å². The summed E-state index contributed by atoms with van der Waals surface area (Å²) in [6.45, 7) is 1.73. The van der Waals surface area contributed by atoms with E-state index in [1.54, 1.807) is 61.7 Å². The molecule has 25 heavy (non-hydrogen) atoms. The van der Waals surface area contributed by atoms with Crippen molar-refractivity contribution in [1.82, 2.24) is 4.98 Å². The van der Waals surface area contributed by atoms with Crippen molar-refractivity contribution < 1.29 is 18.3 Å². The topological polar surface area (TPSA) is 96.4 Å². The van der Waals surface area contributed by atoms with Gasteiger partial charge in [0.15, 0.2) is 0 Å². The molecule has 7 heteroatoms. The molecule has 2 aromatic carbocycles. The Balaban J connectivity index is 1.98. The van der Waals surface area contributed by atoms with Crippen LogP contribution in [-0.4, -0.2) is 24.5 Å². The van der Waals surface area contributed by atoms with Gasteiger partial charge in [0.2, 0.25) is 0 Å². The Bertz CT molecular complexity index is 1040. The largest absolute Gasteiger partial charge is 0.481 e. The maximum atomic E-state index is 12.9. The minimum atomic E-state index is -3.81. The van der Waals surface area contributed by atoms with Crippen molar-refractivity contribution in [2.75, 3.05) is 4.72 Å². The van der Waals surface area contributed by atoms with Gasteiger partial charge in [-0.25, -0.2) is 8.42 Å². The van der Waals surface area contributed by atoms with Gasteiger partial charge in [0.25, 0.3) is 10.0 Å². The highest BCUT2D eigenvalue weighted by Gasteiger charge is 2.20. The van der Waals surface area contributed by atoms with Crippen molar-refractivity contribution in [2.45, 2.75) is 18.2 Å². The van der Waals surface area contributed by atoms with Gasteiger partial charge in [-0.05, 0) is 48.4 Å². The van der Waals surface area contributed by atoms with E-state index in [0.717, 1.165) is 0 Å². The molecule has 3 aromatic rings. The number of sulfonamides is 1. The van der Waals surface area contributed by atoms with Crippen LogP contribution in [0.3, 0.4) is 0 Å². The third-order valence-corrected chi connectivity index (χ3v) is 5.35. The first-order chi connectivity index (χ1) is 11.9. The van der Waals surface area contributed by atoms with E-state index >= 15 is 0 Å². The predicted octanol–water partition coefficient (Wildman–Crippen LogP) is 2.97. The highest BCUT2D eigenvalue weighted by molar-refractivity contribution is 7.93. The lowest BCUT2D eigenvalue weighted by Gasteiger charge is -2.13. The molecular weight excluding hydrogens is 340 g/mol. The van der Waals surface area contributed by atoms with E-state index in [2.05, 4.69) is 9.71 Å². The first-order valence-electron chi connectivity index (χ1n) is 7.55. The molecule has 0 unspecified atom stereocenters. The number of carboxylic acids is 1. The monoisotopic (exact) mass is 356 g/mol. The smallest absolute Gasteiger partial charge is 0.307 e. The summed E-state index contributed by atoms with van der Waals surface area (Å²) < 4.78 is 28.3. The van der Waals surface area contributed by atoms with Gasteiger partial charge in [0, 0.05) is 17.3 Å². The Hall–Kier alpha value is -2.93. The van der Waals surface area contributed by atoms with Crippen LogP contribution in [0.25, 0.3) is 10.9 Å². The summed E-state index contributed by atoms with van der Waals surface area (Å²) in [5.41, 5.74) is 2.19. The van der Waals surface area contributed by atoms with E-state index in [9.17, 15) is 13.2 Å². The Morgan fingerprint density at radius 3 is 2.52 bits per heavy atom. The van der Waals surface area contributed by atoms with Crippen molar-refractivity contribution in [3.05, 3.63) is 65.9 Å². The van der Waals surface area contributed by atoms with E-state index in [0.29, 0.717) is 27.7 Å². The lowest BCUT2D eigenvalue weighted by molar-refractivity contribution is -0.136. The molecule has 0 aliphatic heterocycles. The fraction of sp³-hybridized carbons (Fsp3) is 0.111. The van der Waals surface area contributed by atoms with Gasteiger partial charge in [-0.2, -0.15) is 0 Å². The summed E-state index contributed by atoms with van der Waals surface area (Å²) in [4.78, 5) is 15.1. The molecule has 128 valence electrons. The maximum Gasteiger partial charge on any atom is 0.307 e. The van der Waals surface area contributed by atoms with Gasteiger partial charge in [-0.1, -0.05) is 18.2 Å². The molecule has 0 saturated carbocycles. The Kier molecular flexibility index (Phi) is 4.41. The number of carbonyl (C=O) groups is 1. The molecule has 1 aromatic heterocycles. The Morgan fingerprint density at radius 2 is 1.84 bits per heavy atom. The molecule has 0 fully saturated rings. The maximum absolute atomic E-state index is 12.9. The molecule has 3 rings (SSSR count). The number of rotatable bonds is 5. The van der Waals surface area contributed by atoms with Crippen LogP contribution in [0.2, 0.25) is 0 Å². The molecule has 1 heterocycles. The third-order valence-electron chi connectivity index (χ3n) is 3.76. The molecule has 0 radical (unpaired) electrons. The summed E-state index contributed by atoms with van der Waals surface area (Å²) in [6.07, 6.45) is 1.50. The van der Waals surface area contributed by atoms with Crippen LogP contribution in [0.5, 0.6) is 0 Å². The minimum Gasteiger partial charge on any atom is -0.481 e. The number of hydrogen-bond acceptors (Lipinski definition) is 4. The molecule has 6 nitrogen and oxygen atoms in total. The normalized spacial score (nSPS) is 11.4. The summed E-state index contributed by atoms with van der Waals surface area (Å²) >= 11 is 0. The first-order valence-corrected chi connectivity index (χ1v) is 9.03. The quantitative estimate of drug-likeness (QED) is 0.733. The lowest BCUT2D eigenvalue weighted by Crippen LogP contribution is -2.15.